The summed E-state index contributed by atoms with van der Waals surface area (Å²) < 4.78 is 33.4. The minimum absolute atomic E-state index is 0.0370. The Labute approximate surface area is 163 Å². The molecule has 1 atom stereocenters. The third-order valence-corrected chi connectivity index (χ3v) is 4.56. The van der Waals surface area contributed by atoms with Crippen LogP contribution in [0.3, 0.4) is 0 Å². The number of hydrogen-bond donors (Lipinski definition) is 2. The van der Waals surface area contributed by atoms with Crippen LogP contribution < -0.4 is 20.3 Å². The number of aliphatic imine (C=N–C) groups is 1. The second-order valence-corrected chi connectivity index (χ2v) is 6.51. The maximum Gasteiger partial charge on any atom is 0.213 e. The normalized spacial score (nSPS) is 16.9. The van der Waals surface area contributed by atoms with Crippen molar-refractivity contribution < 1.29 is 13.5 Å². The smallest absolute Gasteiger partial charge is 0.213 e. The van der Waals surface area contributed by atoms with Crippen molar-refractivity contribution in [3.8, 4) is 5.88 Å². The lowest BCUT2D eigenvalue weighted by atomic mass is 10.2. The summed E-state index contributed by atoms with van der Waals surface area (Å²) in [6, 6.07) is 7.77. The first-order chi connectivity index (χ1) is 13.6. The molecular weight excluding hydrogens is 364 g/mol. The van der Waals surface area contributed by atoms with Crippen LogP contribution in [0.25, 0.3) is 0 Å². The van der Waals surface area contributed by atoms with E-state index < -0.39 is 11.6 Å². The molecule has 1 aromatic heterocycles. The van der Waals surface area contributed by atoms with E-state index in [9.17, 15) is 8.78 Å². The van der Waals surface area contributed by atoms with Crippen molar-refractivity contribution in [3.63, 3.8) is 0 Å². The zero-order valence-corrected chi connectivity index (χ0v) is 16.1. The average molecular weight is 389 g/mol. The van der Waals surface area contributed by atoms with Crippen LogP contribution in [-0.4, -0.2) is 43.7 Å². The van der Waals surface area contributed by atoms with E-state index in [1.165, 1.54) is 18.2 Å². The molecule has 0 amide bonds. The highest BCUT2D eigenvalue weighted by molar-refractivity contribution is 5.80. The summed E-state index contributed by atoms with van der Waals surface area (Å²) in [5, 5.41) is 6.57. The molecule has 0 saturated carbocycles. The zero-order chi connectivity index (χ0) is 19.9. The molecule has 1 aliphatic rings. The van der Waals surface area contributed by atoms with Gasteiger partial charge in [0.15, 0.2) is 5.96 Å². The lowest BCUT2D eigenvalue weighted by Gasteiger charge is -2.21. The van der Waals surface area contributed by atoms with E-state index in [4.69, 9.17) is 4.74 Å². The molecule has 2 heterocycles. The van der Waals surface area contributed by atoms with Gasteiger partial charge in [-0.3, -0.25) is 4.99 Å². The summed E-state index contributed by atoms with van der Waals surface area (Å²) in [6.45, 7) is 4.11. The molecule has 0 spiro atoms. The Hall–Kier alpha value is -2.90. The molecule has 0 radical (unpaired) electrons. The second kappa shape index (κ2) is 9.34. The van der Waals surface area contributed by atoms with Crippen LogP contribution in [0.1, 0.15) is 18.9 Å². The van der Waals surface area contributed by atoms with Crippen LogP contribution in [0.5, 0.6) is 5.88 Å². The minimum atomic E-state index is -0.536. The van der Waals surface area contributed by atoms with Crippen LogP contribution >= 0.6 is 0 Å². The summed E-state index contributed by atoms with van der Waals surface area (Å²) >= 11 is 0. The molecule has 1 unspecified atom stereocenters. The Morgan fingerprint density at radius 1 is 1.32 bits per heavy atom. The molecular formula is C20H25F2N5O. The molecule has 8 heteroatoms. The van der Waals surface area contributed by atoms with Crippen molar-refractivity contribution in [2.45, 2.75) is 25.9 Å². The van der Waals surface area contributed by atoms with Crippen molar-refractivity contribution in [1.29, 1.82) is 0 Å². The van der Waals surface area contributed by atoms with Gasteiger partial charge in [-0.05, 0) is 37.1 Å². The van der Waals surface area contributed by atoms with E-state index >= 15 is 0 Å². The molecule has 2 aromatic rings. The fourth-order valence-corrected chi connectivity index (χ4v) is 3.23. The second-order valence-electron chi connectivity index (χ2n) is 6.51. The van der Waals surface area contributed by atoms with E-state index in [-0.39, 0.29) is 11.7 Å². The van der Waals surface area contributed by atoms with Gasteiger partial charge >= 0.3 is 0 Å². The number of guanidine groups is 1. The van der Waals surface area contributed by atoms with Gasteiger partial charge in [-0.2, -0.15) is 0 Å². The highest BCUT2D eigenvalue weighted by Crippen LogP contribution is 2.26. The lowest BCUT2D eigenvalue weighted by Crippen LogP contribution is -2.44. The van der Waals surface area contributed by atoms with E-state index in [2.05, 4.69) is 20.6 Å². The summed E-state index contributed by atoms with van der Waals surface area (Å²) in [5.41, 5.74) is 1.05. The molecule has 150 valence electrons. The van der Waals surface area contributed by atoms with Crippen LogP contribution in [0.4, 0.5) is 14.5 Å². The number of hydrogen-bond acceptors (Lipinski definition) is 4. The predicted octanol–water partition coefficient (Wildman–Crippen LogP) is 2.70. The molecule has 0 bridgehead atoms. The Bertz CT molecular complexity index is 810. The number of nitrogens with zero attached hydrogens (tertiary/aromatic N) is 3. The number of pyridine rings is 1. The number of rotatable bonds is 6. The number of nitrogens with one attached hydrogen (secondary N) is 2. The summed E-state index contributed by atoms with van der Waals surface area (Å²) in [5.74, 6) is 0.149. The maximum atomic E-state index is 14.0. The third-order valence-electron chi connectivity index (χ3n) is 4.56. The number of anilines is 1. The molecule has 28 heavy (non-hydrogen) atoms. The van der Waals surface area contributed by atoms with Crippen molar-refractivity contribution in [3.05, 3.63) is 53.7 Å². The van der Waals surface area contributed by atoms with Gasteiger partial charge in [0.25, 0.3) is 0 Å². The summed E-state index contributed by atoms with van der Waals surface area (Å²) in [4.78, 5) is 10.1. The summed E-state index contributed by atoms with van der Waals surface area (Å²) in [6.07, 6.45) is 2.47. The van der Waals surface area contributed by atoms with Crippen LogP contribution in [-0.2, 0) is 6.54 Å². The first-order valence-electron chi connectivity index (χ1n) is 9.34. The molecule has 1 fully saturated rings. The van der Waals surface area contributed by atoms with Gasteiger partial charge in [-0.15, -0.1) is 0 Å². The molecule has 1 aromatic carbocycles. The standard InChI is InChI=1S/C20H25F2N5O/c1-3-28-18-11-14(7-9-24-18)12-25-20(23-2)26-15-8-10-27(13-15)19-16(21)5-4-6-17(19)22/h4-7,9,11,15H,3,8,10,12-13H2,1-2H3,(H2,23,25,26). The Kier molecular flexibility index (Phi) is 6.62. The van der Waals surface area contributed by atoms with Gasteiger partial charge in [-0.25, -0.2) is 13.8 Å². The monoisotopic (exact) mass is 389 g/mol. The molecule has 2 N–H and O–H groups in total. The first-order valence-corrected chi connectivity index (χ1v) is 9.34. The quantitative estimate of drug-likeness (QED) is 0.588. The van der Waals surface area contributed by atoms with Gasteiger partial charge in [-0.1, -0.05) is 6.07 Å². The fourth-order valence-electron chi connectivity index (χ4n) is 3.23. The minimum Gasteiger partial charge on any atom is -0.478 e. The van der Waals surface area contributed by atoms with Crippen molar-refractivity contribution in [1.82, 2.24) is 15.6 Å². The number of ether oxygens (including phenoxy) is 1. The SMILES string of the molecule is CCOc1cc(CNC(=NC)NC2CCN(c3c(F)cccc3F)C2)ccn1. The largest absolute Gasteiger partial charge is 0.478 e. The number of para-hydroxylation sites is 1. The summed E-state index contributed by atoms with van der Waals surface area (Å²) in [7, 11) is 1.69. The highest BCUT2D eigenvalue weighted by Gasteiger charge is 2.27. The lowest BCUT2D eigenvalue weighted by molar-refractivity contribution is 0.326. The Morgan fingerprint density at radius 3 is 2.82 bits per heavy atom. The van der Waals surface area contributed by atoms with Crippen LogP contribution in [0, 0.1) is 11.6 Å². The van der Waals surface area contributed by atoms with Crippen molar-refractivity contribution in [2.24, 2.45) is 4.99 Å². The molecule has 3 rings (SSSR count). The highest BCUT2D eigenvalue weighted by atomic mass is 19.1. The molecule has 1 aliphatic heterocycles. The molecule has 6 nitrogen and oxygen atoms in total. The first kappa shape index (κ1) is 19.9. The predicted molar refractivity (Wildman–Crippen MR) is 106 cm³/mol. The van der Waals surface area contributed by atoms with E-state index in [1.54, 1.807) is 18.1 Å². The zero-order valence-electron chi connectivity index (χ0n) is 16.1. The Morgan fingerprint density at radius 2 is 2.11 bits per heavy atom. The third kappa shape index (κ3) is 4.88. The van der Waals surface area contributed by atoms with Gasteiger partial charge in [0.2, 0.25) is 5.88 Å². The fraction of sp³-hybridized carbons (Fsp3) is 0.400. The van der Waals surface area contributed by atoms with Crippen molar-refractivity contribution >= 4 is 11.6 Å². The van der Waals surface area contributed by atoms with Gasteiger partial charge < -0.3 is 20.3 Å². The van der Waals surface area contributed by atoms with Crippen LogP contribution in [0.2, 0.25) is 0 Å². The number of aromatic nitrogens is 1. The van der Waals surface area contributed by atoms with E-state index in [1.807, 2.05) is 19.1 Å². The van der Waals surface area contributed by atoms with Gasteiger partial charge in [0, 0.05) is 45.0 Å². The van der Waals surface area contributed by atoms with Crippen LogP contribution in [0.15, 0.2) is 41.5 Å². The van der Waals surface area contributed by atoms with Crippen molar-refractivity contribution in [2.75, 3.05) is 31.6 Å². The van der Waals surface area contributed by atoms with Gasteiger partial charge in [0.05, 0.1) is 6.61 Å². The Balaban J connectivity index is 1.55. The van der Waals surface area contributed by atoms with E-state index in [0.29, 0.717) is 38.1 Å². The number of benzene rings is 1. The average Bonchev–Trinajstić information content (AvgIpc) is 3.13. The topological polar surface area (TPSA) is 61.8 Å². The van der Waals surface area contributed by atoms with E-state index in [0.717, 1.165) is 12.0 Å². The maximum absolute atomic E-state index is 14.0. The number of halogens is 2. The molecule has 1 saturated heterocycles. The van der Waals surface area contributed by atoms with Gasteiger partial charge in [0.1, 0.15) is 17.3 Å². The molecule has 0 aliphatic carbocycles.